The van der Waals surface area contributed by atoms with Crippen LogP contribution in [0.25, 0.3) is 0 Å². The highest BCUT2D eigenvalue weighted by Gasteiger charge is 2.25. The maximum absolute atomic E-state index is 12.1. The first-order chi connectivity index (χ1) is 12.3. The molecule has 0 bridgehead atoms. The number of amides is 1. The van der Waals surface area contributed by atoms with Gasteiger partial charge in [-0.3, -0.25) is 4.79 Å². The summed E-state index contributed by atoms with van der Waals surface area (Å²) < 4.78 is 11.0. The minimum absolute atomic E-state index is 0.131. The second-order valence-corrected chi connectivity index (χ2v) is 5.97. The Labute approximate surface area is 147 Å². The van der Waals surface area contributed by atoms with Gasteiger partial charge in [-0.15, -0.1) is 0 Å². The summed E-state index contributed by atoms with van der Waals surface area (Å²) in [5.41, 5.74) is 1.83. The van der Waals surface area contributed by atoms with Gasteiger partial charge in [0.1, 0.15) is 18.4 Å². The first-order valence-electron chi connectivity index (χ1n) is 8.30. The predicted octanol–water partition coefficient (Wildman–Crippen LogP) is 2.98. The molecule has 1 aliphatic rings. The topological polar surface area (TPSA) is 71.4 Å². The predicted molar refractivity (Wildman–Crippen MR) is 92.6 cm³/mol. The minimum atomic E-state index is -0.670. The molecule has 5 nitrogen and oxygen atoms in total. The highest BCUT2D eigenvalue weighted by Crippen LogP contribution is 2.20. The van der Waals surface area contributed by atoms with Crippen molar-refractivity contribution in [2.75, 3.05) is 13.2 Å². The van der Waals surface area contributed by atoms with Gasteiger partial charge in [-0.2, -0.15) is 5.26 Å². The maximum atomic E-state index is 12.1. The van der Waals surface area contributed by atoms with E-state index < -0.39 is 6.04 Å². The lowest BCUT2D eigenvalue weighted by molar-refractivity contribution is -0.125. The van der Waals surface area contributed by atoms with Gasteiger partial charge in [0.2, 0.25) is 5.91 Å². The molecule has 25 heavy (non-hydrogen) atoms. The fourth-order valence-corrected chi connectivity index (χ4v) is 2.69. The number of ether oxygens (including phenoxy) is 2. The third kappa shape index (κ3) is 4.59. The quantitative estimate of drug-likeness (QED) is 0.880. The molecule has 0 saturated carbocycles. The van der Waals surface area contributed by atoms with Crippen molar-refractivity contribution < 1.29 is 14.3 Å². The lowest BCUT2D eigenvalue weighted by Crippen LogP contribution is -2.33. The fourth-order valence-electron chi connectivity index (χ4n) is 2.69. The van der Waals surface area contributed by atoms with Gasteiger partial charge in [-0.1, -0.05) is 42.5 Å². The van der Waals surface area contributed by atoms with Gasteiger partial charge < -0.3 is 14.8 Å². The van der Waals surface area contributed by atoms with Crippen LogP contribution in [-0.4, -0.2) is 19.1 Å². The van der Waals surface area contributed by atoms with E-state index in [9.17, 15) is 10.1 Å². The number of carbonyl (C=O) groups is 1. The summed E-state index contributed by atoms with van der Waals surface area (Å²) in [5.74, 6) is 0.428. The number of hydrogen-bond acceptors (Lipinski definition) is 4. The molecule has 1 saturated heterocycles. The normalized spacial score (nSPS) is 17.5. The number of nitrogens with one attached hydrogen (secondary N) is 1. The average molecular weight is 336 g/mol. The molecule has 128 valence electrons. The summed E-state index contributed by atoms with van der Waals surface area (Å²) in [6.07, 6.45) is 0.705. The second-order valence-electron chi connectivity index (χ2n) is 5.97. The van der Waals surface area contributed by atoms with Crippen molar-refractivity contribution >= 4 is 5.91 Å². The van der Waals surface area contributed by atoms with Gasteiger partial charge in [0.05, 0.1) is 18.6 Å². The lowest BCUT2D eigenvalue weighted by Gasteiger charge is -2.15. The van der Waals surface area contributed by atoms with E-state index in [2.05, 4.69) is 11.4 Å². The van der Waals surface area contributed by atoms with Crippen molar-refractivity contribution in [1.29, 1.82) is 5.26 Å². The number of nitriles is 1. The molecular formula is C20H20N2O3. The molecule has 0 aliphatic carbocycles. The number of rotatable bonds is 6. The molecule has 3 rings (SSSR count). The number of carbonyl (C=O) groups excluding carboxylic acids is 1. The zero-order valence-electron chi connectivity index (χ0n) is 13.9. The van der Waals surface area contributed by atoms with Crippen LogP contribution in [0.5, 0.6) is 5.75 Å². The van der Waals surface area contributed by atoms with E-state index in [1.54, 1.807) is 12.1 Å². The largest absolute Gasteiger partial charge is 0.489 e. The number of nitrogens with zero attached hydrogens (tertiary/aromatic N) is 1. The van der Waals surface area contributed by atoms with E-state index in [0.717, 1.165) is 16.9 Å². The summed E-state index contributed by atoms with van der Waals surface area (Å²) in [6, 6.07) is 18.6. The Bertz CT molecular complexity index is 732. The molecule has 2 aromatic rings. The summed E-state index contributed by atoms with van der Waals surface area (Å²) in [7, 11) is 0. The zero-order valence-corrected chi connectivity index (χ0v) is 13.9. The SMILES string of the molecule is N#C[C@@H](NC(=O)[C@@H]1CCOC1)c1ccc(OCc2ccccc2)cc1. The summed E-state index contributed by atoms with van der Waals surface area (Å²) >= 11 is 0. The van der Waals surface area contributed by atoms with Crippen LogP contribution in [0.3, 0.4) is 0 Å². The van der Waals surface area contributed by atoms with Crippen LogP contribution < -0.4 is 10.1 Å². The van der Waals surface area contributed by atoms with E-state index in [4.69, 9.17) is 9.47 Å². The first kappa shape index (κ1) is 17.0. The van der Waals surface area contributed by atoms with Crippen molar-refractivity contribution in [2.45, 2.75) is 19.1 Å². The molecular weight excluding hydrogens is 316 g/mol. The van der Waals surface area contributed by atoms with Crippen molar-refractivity contribution in [3.63, 3.8) is 0 Å². The Morgan fingerprint density at radius 3 is 2.64 bits per heavy atom. The fraction of sp³-hybridized carbons (Fsp3) is 0.300. The molecule has 1 N–H and O–H groups in total. The van der Waals surface area contributed by atoms with E-state index in [1.165, 1.54) is 0 Å². The van der Waals surface area contributed by atoms with Crippen LogP contribution >= 0.6 is 0 Å². The molecule has 1 heterocycles. The zero-order chi connectivity index (χ0) is 17.5. The van der Waals surface area contributed by atoms with E-state index in [-0.39, 0.29) is 11.8 Å². The third-order valence-electron chi connectivity index (χ3n) is 4.18. The van der Waals surface area contributed by atoms with E-state index in [1.807, 2.05) is 42.5 Å². The molecule has 0 unspecified atom stereocenters. The van der Waals surface area contributed by atoms with Gasteiger partial charge in [0.25, 0.3) is 0 Å². The molecule has 1 amide bonds. The lowest BCUT2D eigenvalue weighted by atomic mass is 10.0. The van der Waals surface area contributed by atoms with Gasteiger partial charge in [0, 0.05) is 6.61 Å². The van der Waals surface area contributed by atoms with Crippen LogP contribution in [0.15, 0.2) is 54.6 Å². The highest BCUT2D eigenvalue weighted by molar-refractivity contribution is 5.79. The summed E-state index contributed by atoms with van der Waals surface area (Å²) in [4.78, 5) is 12.1. The molecule has 1 aliphatic heterocycles. The van der Waals surface area contributed by atoms with Gasteiger partial charge in [-0.05, 0) is 29.7 Å². The van der Waals surface area contributed by atoms with Gasteiger partial charge >= 0.3 is 0 Å². The van der Waals surface area contributed by atoms with Crippen molar-refractivity contribution in [1.82, 2.24) is 5.32 Å². The second kappa shape index (κ2) is 8.32. The Morgan fingerprint density at radius 2 is 2.00 bits per heavy atom. The van der Waals surface area contributed by atoms with Crippen LogP contribution in [0.4, 0.5) is 0 Å². The minimum Gasteiger partial charge on any atom is -0.489 e. The summed E-state index contributed by atoms with van der Waals surface area (Å²) in [6.45, 7) is 1.51. The van der Waals surface area contributed by atoms with Crippen LogP contribution in [0.2, 0.25) is 0 Å². The molecule has 2 aromatic carbocycles. The van der Waals surface area contributed by atoms with Crippen molar-refractivity contribution in [3.05, 3.63) is 65.7 Å². The van der Waals surface area contributed by atoms with Gasteiger partial charge in [0.15, 0.2) is 0 Å². The van der Waals surface area contributed by atoms with Crippen LogP contribution in [-0.2, 0) is 16.1 Å². The maximum Gasteiger partial charge on any atom is 0.226 e. The Hall–Kier alpha value is -2.84. The van der Waals surface area contributed by atoms with Crippen LogP contribution in [0, 0.1) is 17.2 Å². The van der Waals surface area contributed by atoms with Crippen LogP contribution in [0.1, 0.15) is 23.6 Å². The van der Waals surface area contributed by atoms with Gasteiger partial charge in [-0.25, -0.2) is 0 Å². The Kier molecular flexibility index (Phi) is 5.65. The average Bonchev–Trinajstić information content (AvgIpc) is 3.20. The first-order valence-corrected chi connectivity index (χ1v) is 8.30. The van der Waals surface area contributed by atoms with Crippen molar-refractivity contribution in [2.24, 2.45) is 5.92 Å². The molecule has 0 spiro atoms. The molecule has 5 heteroatoms. The third-order valence-corrected chi connectivity index (χ3v) is 4.18. The highest BCUT2D eigenvalue weighted by atomic mass is 16.5. The molecule has 0 aromatic heterocycles. The molecule has 2 atom stereocenters. The summed E-state index contributed by atoms with van der Waals surface area (Å²) in [5, 5.41) is 12.1. The monoisotopic (exact) mass is 336 g/mol. The Balaban J connectivity index is 1.58. The standard InChI is InChI=1S/C20H20N2O3/c21-12-19(22-20(23)17-10-11-24-14-17)16-6-8-18(9-7-16)25-13-15-4-2-1-3-5-15/h1-9,17,19H,10-11,13-14H2,(H,22,23)/t17-,19-/m1/s1. The van der Waals surface area contributed by atoms with E-state index >= 15 is 0 Å². The molecule has 1 fully saturated rings. The Morgan fingerprint density at radius 1 is 1.24 bits per heavy atom. The smallest absolute Gasteiger partial charge is 0.226 e. The number of benzene rings is 2. The van der Waals surface area contributed by atoms with E-state index in [0.29, 0.717) is 26.2 Å². The molecule has 0 radical (unpaired) electrons. The number of hydrogen-bond donors (Lipinski definition) is 1. The van der Waals surface area contributed by atoms with Crippen molar-refractivity contribution in [3.8, 4) is 11.8 Å².